The van der Waals surface area contributed by atoms with Crippen molar-refractivity contribution in [1.82, 2.24) is 14.8 Å². The molecule has 5 aromatic rings. The minimum Gasteiger partial charge on any atom is -0.496 e. The molecule has 6 rings (SSSR count). The average molecular weight is 816 g/mol. The molecule has 0 N–H and O–H groups in total. The van der Waals surface area contributed by atoms with Crippen molar-refractivity contribution in [2.45, 2.75) is 39.2 Å². The SMILES string of the molecule is CC1COC(Cn2cncn2)(c2ccc(Oc3ccc(Cl)cc3)cc2Cl)O1.COc1cc(C)c(C(=O)c2c(OC)ccc(Br)c2C)c(OC)c1OC. The fraction of sp³-hybridized carbons (Fsp3) is 0.289. The average Bonchev–Trinajstić information content (AvgIpc) is 3.79. The molecule has 0 aliphatic carbocycles. The molecule has 1 fully saturated rings. The molecule has 4 aromatic carbocycles. The number of carbonyl (C=O) groups excluding carboxylic acids is 1. The Bertz CT molecular complexity index is 2030. The monoisotopic (exact) mass is 813 g/mol. The lowest BCUT2D eigenvalue weighted by Gasteiger charge is -2.29. The molecule has 0 bridgehead atoms. The van der Waals surface area contributed by atoms with Crippen molar-refractivity contribution >= 4 is 44.9 Å². The Morgan fingerprint density at radius 2 is 1.60 bits per heavy atom. The van der Waals surface area contributed by atoms with Crippen LogP contribution in [0.25, 0.3) is 0 Å². The first kappa shape index (κ1) is 38.9. The molecule has 274 valence electrons. The summed E-state index contributed by atoms with van der Waals surface area (Å²) in [5, 5.41) is 5.28. The van der Waals surface area contributed by atoms with Crippen molar-refractivity contribution in [2.75, 3.05) is 35.0 Å². The summed E-state index contributed by atoms with van der Waals surface area (Å²) in [4.78, 5) is 17.4. The van der Waals surface area contributed by atoms with E-state index in [4.69, 9.17) is 56.4 Å². The topological polar surface area (TPSA) is 112 Å². The molecule has 2 heterocycles. The lowest BCUT2D eigenvalue weighted by atomic mass is 9.93. The summed E-state index contributed by atoms with van der Waals surface area (Å²) in [6.07, 6.45) is 3.02. The van der Waals surface area contributed by atoms with E-state index < -0.39 is 5.79 Å². The summed E-state index contributed by atoms with van der Waals surface area (Å²) in [6.45, 7) is 6.46. The number of rotatable bonds is 11. The van der Waals surface area contributed by atoms with E-state index in [9.17, 15) is 4.79 Å². The number of ketones is 1. The number of aryl methyl sites for hydroxylation is 1. The first-order valence-electron chi connectivity index (χ1n) is 16.0. The quantitative estimate of drug-likeness (QED) is 0.120. The van der Waals surface area contributed by atoms with Gasteiger partial charge in [-0.3, -0.25) is 4.79 Å². The minimum absolute atomic E-state index is 0.0606. The number of benzene rings is 4. The number of nitrogens with zero attached hydrogens (tertiary/aromatic N) is 3. The zero-order chi connectivity index (χ0) is 37.6. The van der Waals surface area contributed by atoms with Gasteiger partial charge in [-0.05, 0) is 92.6 Å². The van der Waals surface area contributed by atoms with Crippen molar-refractivity contribution in [3.63, 3.8) is 0 Å². The van der Waals surface area contributed by atoms with Gasteiger partial charge in [-0.15, -0.1) is 0 Å². The second-order valence-electron chi connectivity index (χ2n) is 11.7. The Hall–Kier alpha value is -4.33. The maximum absolute atomic E-state index is 13.4. The van der Waals surface area contributed by atoms with Crippen molar-refractivity contribution in [3.8, 4) is 34.5 Å². The molecule has 0 radical (unpaired) electrons. The Morgan fingerprint density at radius 1 is 0.904 bits per heavy atom. The van der Waals surface area contributed by atoms with Crippen LogP contribution in [0.3, 0.4) is 0 Å². The lowest BCUT2D eigenvalue weighted by molar-refractivity contribution is -0.186. The Kier molecular flexibility index (Phi) is 12.7. The molecule has 0 amide bonds. The van der Waals surface area contributed by atoms with E-state index in [-0.39, 0.29) is 11.9 Å². The van der Waals surface area contributed by atoms with Crippen LogP contribution in [-0.2, 0) is 21.8 Å². The molecule has 2 unspecified atom stereocenters. The van der Waals surface area contributed by atoms with Crippen molar-refractivity contribution in [1.29, 1.82) is 0 Å². The molecule has 11 nitrogen and oxygen atoms in total. The van der Waals surface area contributed by atoms with Gasteiger partial charge in [-0.2, -0.15) is 5.10 Å². The maximum atomic E-state index is 13.4. The summed E-state index contributed by atoms with van der Waals surface area (Å²) in [7, 11) is 6.09. The summed E-state index contributed by atoms with van der Waals surface area (Å²) in [5.74, 6) is 1.77. The van der Waals surface area contributed by atoms with Crippen LogP contribution in [0, 0.1) is 13.8 Å². The van der Waals surface area contributed by atoms with E-state index in [0.29, 0.717) is 74.4 Å². The minimum atomic E-state index is -1.02. The van der Waals surface area contributed by atoms with Crippen LogP contribution in [0.1, 0.15) is 39.5 Å². The number of hydrogen-bond acceptors (Lipinski definition) is 10. The van der Waals surface area contributed by atoms with E-state index >= 15 is 0 Å². The molecule has 1 aromatic heterocycles. The van der Waals surface area contributed by atoms with Crippen LogP contribution >= 0.6 is 39.1 Å². The Morgan fingerprint density at radius 3 is 2.17 bits per heavy atom. The highest BCUT2D eigenvalue weighted by atomic mass is 79.9. The molecular formula is C38H38BrCl2N3O8. The lowest BCUT2D eigenvalue weighted by Crippen LogP contribution is -2.34. The molecule has 14 heteroatoms. The van der Waals surface area contributed by atoms with Gasteiger partial charge in [0.25, 0.3) is 0 Å². The van der Waals surface area contributed by atoms with Gasteiger partial charge >= 0.3 is 0 Å². The first-order chi connectivity index (χ1) is 24.9. The van der Waals surface area contributed by atoms with Gasteiger partial charge in [0, 0.05) is 15.1 Å². The van der Waals surface area contributed by atoms with Crippen molar-refractivity contribution in [3.05, 3.63) is 116 Å². The number of methoxy groups -OCH3 is 4. The summed E-state index contributed by atoms with van der Waals surface area (Å²) in [6, 6.07) is 17.9. The molecule has 0 saturated carbocycles. The van der Waals surface area contributed by atoms with Crippen LogP contribution in [0.4, 0.5) is 0 Å². The van der Waals surface area contributed by atoms with Gasteiger partial charge in [0.2, 0.25) is 17.3 Å². The second kappa shape index (κ2) is 17.0. The molecule has 2 atom stereocenters. The predicted octanol–water partition coefficient (Wildman–Crippen LogP) is 9.00. The molecule has 1 saturated heterocycles. The van der Waals surface area contributed by atoms with E-state index in [1.165, 1.54) is 27.7 Å². The predicted molar refractivity (Wildman–Crippen MR) is 201 cm³/mol. The van der Waals surface area contributed by atoms with Gasteiger partial charge in [0.1, 0.15) is 36.4 Å². The van der Waals surface area contributed by atoms with Crippen molar-refractivity contribution in [2.24, 2.45) is 0 Å². The molecular weight excluding hydrogens is 777 g/mol. The largest absolute Gasteiger partial charge is 0.496 e. The molecule has 0 spiro atoms. The van der Waals surface area contributed by atoms with Crippen LogP contribution in [0.2, 0.25) is 10.0 Å². The number of halogens is 3. The number of hydrogen-bond donors (Lipinski definition) is 0. The number of aromatic nitrogens is 3. The Balaban J connectivity index is 0.000000202. The highest BCUT2D eigenvalue weighted by Gasteiger charge is 2.44. The van der Waals surface area contributed by atoms with Crippen LogP contribution in [-0.4, -0.2) is 61.7 Å². The highest BCUT2D eigenvalue weighted by Crippen LogP contribution is 2.44. The van der Waals surface area contributed by atoms with Gasteiger partial charge in [-0.25, -0.2) is 9.67 Å². The zero-order valence-electron chi connectivity index (χ0n) is 29.7. The van der Waals surface area contributed by atoms with Gasteiger partial charge in [0.05, 0.1) is 57.3 Å². The summed E-state index contributed by atoms with van der Waals surface area (Å²) in [5.41, 5.74) is 3.12. The second-order valence-corrected chi connectivity index (χ2v) is 13.4. The number of ether oxygens (including phenoxy) is 7. The fourth-order valence-electron chi connectivity index (χ4n) is 5.79. The van der Waals surface area contributed by atoms with E-state index in [1.807, 2.05) is 39.0 Å². The Labute approximate surface area is 320 Å². The van der Waals surface area contributed by atoms with Crippen LogP contribution in [0.5, 0.6) is 34.5 Å². The third-order valence-electron chi connectivity index (χ3n) is 8.24. The first-order valence-corrected chi connectivity index (χ1v) is 17.5. The third-order valence-corrected chi connectivity index (χ3v) is 9.67. The smallest absolute Gasteiger partial charge is 0.217 e. The maximum Gasteiger partial charge on any atom is 0.217 e. The van der Waals surface area contributed by atoms with Gasteiger partial charge < -0.3 is 33.2 Å². The molecule has 1 aliphatic rings. The molecule has 1 aliphatic heterocycles. The van der Waals surface area contributed by atoms with Gasteiger partial charge in [-0.1, -0.05) is 39.1 Å². The summed E-state index contributed by atoms with van der Waals surface area (Å²) < 4.78 is 42.1. The normalized spacial score (nSPS) is 16.5. The third kappa shape index (κ3) is 8.32. The van der Waals surface area contributed by atoms with Crippen molar-refractivity contribution < 1.29 is 38.0 Å². The fourth-order valence-corrected chi connectivity index (χ4v) is 6.56. The van der Waals surface area contributed by atoms with Crippen LogP contribution < -0.4 is 23.7 Å². The standard InChI is InChI=1S/C19H21BrO5.C19H17Cl2N3O3/c1-10-9-14(23-4)18(24-5)19(25-6)15(10)17(21)16-11(2)12(20)7-8-13(16)22-3;1-13-9-25-19(27-13,10-24-12-22-11-23-24)17-7-6-16(8-18(17)21)26-15-4-2-14(20)3-5-15/h7-9H,1-6H3;2-8,11-13H,9-10H2,1H3. The van der Waals surface area contributed by atoms with E-state index in [2.05, 4.69) is 26.0 Å². The highest BCUT2D eigenvalue weighted by molar-refractivity contribution is 9.10. The number of carbonyl (C=O) groups is 1. The molecule has 52 heavy (non-hydrogen) atoms. The van der Waals surface area contributed by atoms with Gasteiger partial charge in [0.15, 0.2) is 11.5 Å². The summed E-state index contributed by atoms with van der Waals surface area (Å²) >= 11 is 15.9. The van der Waals surface area contributed by atoms with Crippen LogP contribution in [0.15, 0.2) is 77.8 Å². The zero-order valence-corrected chi connectivity index (χ0v) is 32.8. The van der Waals surface area contributed by atoms with E-state index in [1.54, 1.807) is 60.6 Å². The van der Waals surface area contributed by atoms with E-state index in [0.717, 1.165) is 15.6 Å².